The van der Waals surface area contributed by atoms with E-state index in [1.54, 1.807) is 0 Å². The first kappa shape index (κ1) is 13.3. The Morgan fingerprint density at radius 3 is 3.11 bits per heavy atom. The highest BCUT2D eigenvalue weighted by atomic mass is 32.2. The highest BCUT2D eigenvalue weighted by Crippen LogP contribution is 2.29. The predicted molar refractivity (Wildman–Crippen MR) is 85.3 cm³/mol. The van der Waals surface area contributed by atoms with Crippen molar-refractivity contribution in [2.45, 2.75) is 25.8 Å². The Bertz CT molecular complexity index is 415. The third-order valence-corrected chi connectivity index (χ3v) is 5.31. The summed E-state index contributed by atoms with van der Waals surface area (Å²) in [6, 6.07) is 9.66. The molecule has 19 heavy (non-hydrogen) atoms. The second-order valence-corrected chi connectivity index (χ2v) is 7.05. The maximum absolute atomic E-state index is 3.65. The summed E-state index contributed by atoms with van der Waals surface area (Å²) in [7, 11) is 0. The van der Waals surface area contributed by atoms with Gasteiger partial charge in [-0.3, -0.25) is 0 Å². The largest absolute Gasteiger partial charge is 0.371 e. The Morgan fingerprint density at radius 1 is 1.37 bits per heavy atom. The van der Waals surface area contributed by atoms with Gasteiger partial charge in [0.25, 0.3) is 0 Å². The number of nitrogens with one attached hydrogen (secondary N) is 1. The quantitative estimate of drug-likeness (QED) is 0.914. The topological polar surface area (TPSA) is 15.3 Å². The van der Waals surface area contributed by atoms with Gasteiger partial charge in [0, 0.05) is 42.9 Å². The van der Waals surface area contributed by atoms with Crippen molar-refractivity contribution in [3.05, 3.63) is 29.8 Å². The number of nitrogens with zero attached hydrogens (tertiary/aromatic N) is 1. The third-order valence-electron chi connectivity index (χ3n) is 4.18. The molecule has 3 rings (SSSR count). The van der Waals surface area contributed by atoms with Crippen LogP contribution in [0.3, 0.4) is 0 Å². The molecule has 0 bridgehead atoms. The number of fused-ring (bicyclic) bond motifs is 1. The van der Waals surface area contributed by atoms with E-state index in [1.807, 2.05) is 0 Å². The maximum atomic E-state index is 3.65. The van der Waals surface area contributed by atoms with Crippen molar-refractivity contribution in [3.8, 4) is 0 Å². The van der Waals surface area contributed by atoms with E-state index in [0.29, 0.717) is 6.04 Å². The minimum atomic E-state index is 0.711. The fourth-order valence-electron chi connectivity index (χ4n) is 3.24. The molecule has 1 N–H and O–H groups in total. The molecule has 0 radical (unpaired) electrons. The number of rotatable bonds is 3. The molecule has 1 fully saturated rings. The molecule has 1 aromatic rings. The van der Waals surface area contributed by atoms with Gasteiger partial charge in [-0.1, -0.05) is 25.1 Å². The molecule has 2 aliphatic heterocycles. The standard InChI is InChI=1S/C16H24N2S/c1-13-10-14-4-2-3-5-16(14)18(11-13)8-6-15-12-19-9-7-17-15/h2-5,13,15,17H,6-12H2,1H3. The van der Waals surface area contributed by atoms with Crippen LogP contribution in [0.15, 0.2) is 24.3 Å². The van der Waals surface area contributed by atoms with Crippen LogP contribution < -0.4 is 10.2 Å². The summed E-state index contributed by atoms with van der Waals surface area (Å²) in [5.41, 5.74) is 3.01. The molecule has 2 nitrogen and oxygen atoms in total. The molecule has 0 amide bonds. The number of benzene rings is 1. The van der Waals surface area contributed by atoms with Crippen LogP contribution >= 0.6 is 11.8 Å². The third kappa shape index (κ3) is 3.26. The summed E-state index contributed by atoms with van der Waals surface area (Å²) < 4.78 is 0. The number of thioether (sulfide) groups is 1. The lowest BCUT2D eigenvalue weighted by Crippen LogP contribution is -2.42. The van der Waals surface area contributed by atoms with Gasteiger partial charge in [0.2, 0.25) is 0 Å². The molecule has 0 spiro atoms. The molecule has 104 valence electrons. The molecule has 0 saturated carbocycles. The Morgan fingerprint density at radius 2 is 2.26 bits per heavy atom. The summed E-state index contributed by atoms with van der Waals surface area (Å²) in [5.74, 6) is 3.34. The first-order valence-corrected chi connectivity index (χ1v) is 8.62. The highest BCUT2D eigenvalue weighted by Gasteiger charge is 2.22. The van der Waals surface area contributed by atoms with Gasteiger partial charge < -0.3 is 10.2 Å². The molecule has 1 aromatic carbocycles. The lowest BCUT2D eigenvalue weighted by atomic mass is 9.93. The number of anilines is 1. The van der Waals surface area contributed by atoms with E-state index >= 15 is 0 Å². The average Bonchev–Trinajstić information content (AvgIpc) is 2.45. The summed E-state index contributed by atoms with van der Waals surface area (Å²) in [5, 5.41) is 3.65. The molecule has 3 heteroatoms. The van der Waals surface area contributed by atoms with Crippen molar-refractivity contribution in [2.75, 3.05) is 36.0 Å². The Balaban J connectivity index is 1.64. The van der Waals surface area contributed by atoms with Crippen LogP contribution in [0.25, 0.3) is 0 Å². The molecule has 2 unspecified atom stereocenters. The fourth-order valence-corrected chi connectivity index (χ4v) is 4.23. The summed E-state index contributed by atoms with van der Waals surface area (Å²) in [6.07, 6.45) is 2.51. The van der Waals surface area contributed by atoms with E-state index in [4.69, 9.17) is 0 Å². The Kier molecular flexibility index (Phi) is 4.34. The van der Waals surface area contributed by atoms with E-state index < -0.39 is 0 Å². The van der Waals surface area contributed by atoms with Crippen molar-refractivity contribution in [1.82, 2.24) is 5.32 Å². The van der Waals surface area contributed by atoms with Gasteiger partial charge in [-0.25, -0.2) is 0 Å². The minimum absolute atomic E-state index is 0.711. The van der Waals surface area contributed by atoms with Crippen LogP contribution in [0.2, 0.25) is 0 Å². The zero-order valence-electron chi connectivity index (χ0n) is 11.8. The van der Waals surface area contributed by atoms with Crippen molar-refractivity contribution in [1.29, 1.82) is 0 Å². The molecule has 1 saturated heterocycles. The number of para-hydroxylation sites is 1. The van der Waals surface area contributed by atoms with E-state index in [9.17, 15) is 0 Å². The van der Waals surface area contributed by atoms with Gasteiger partial charge in [0.15, 0.2) is 0 Å². The van der Waals surface area contributed by atoms with Crippen LogP contribution in [0.1, 0.15) is 18.9 Å². The molecule has 2 heterocycles. The van der Waals surface area contributed by atoms with Gasteiger partial charge >= 0.3 is 0 Å². The first-order valence-electron chi connectivity index (χ1n) is 7.47. The van der Waals surface area contributed by atoms with E-state index in [2.05, 4.69) is 53.2 Å². The van der Waals surface area contributed by atoms with Crippen LogP contribution in [0.5, 0.6) is 0 Å². The predicted octanol–water partition coefficient (Wildman–Crippen LogP) is 2.78. The molecule has 0 aliphatic carbocycles. The Labute approximate surface area is 121 Å². The molecular weight excluding hydrogens is 252 g/mol. The van der Waals surface area contributed by atoms with Gasteiger partial charge in [-0.15, -0.1) is 0 Å². The molecule has 2 aliphatic rings. The minimum Gasteiger partial charge on any atom is -0.371 e. The van der Waals surface area contributed by atoms with Gasteiger partial charge in [0.1, 0.15) is 0 Å². The van der Waals surface area contributed by atoms with Crippen molar-refractivity contribution < 1.29 is 0 Å². The van der Waals surface area contributed by atoms with E-state index in [0.717, 1.165) is 5.92 Å². The lowest BCUT2D eigenvalue weighted by molar-refractivity contribution is 0.487. The lowest BCUT2D eigenvalue weighted by Gasteiger charge is -2.36. The normalized spacial score (nSPS) is 27.1. The van der Waals surface area contributed by atoms with Gasteiger partial charge in [-0.05, 0) is 30.4 Å². The second-order valence-electron chi connectivity index (χ2n) is 5.90. The van der Waals surface area contributed by atoms with Crippen LogP contribution in [-0.4, -0.2) is 37.2 Å². The van der Waals surface area contributed by atoms with E-state index in [-0.39, 0.29) is 0 Å². The first-order chi connectivity index (χ1) is 9.33. The Hall–Kier alpha value is -0.670. The van der Waals surface area contributed by atoms with Gasteiger partial charge in [-0.2, -0.15) is 11.8 Å². The maximum Gasteiger partial charge on any atom is 0.0398 e. The highest BCUT2D eigenvalue weighted by molar-refractivity contribution is 7.99. The number of hydrogen-bond donors (Lipinski definition) is 1. The zero-order chi connectivity index (χ0) is 13.1. The van der Waals surface area contributed by atoms with Crippen LogP contribution in [-0.2, 0) is 6.42 Å². The molecule has 0 aromatic heterocycles. The molecule has 2 atom stereocenters. The zero-order valence-corrected chi connectivity index (χ0v) is 12.6. The molecular formula is C16H24N2S. The average molecular weight is 276 g/mol. The summed E-state index contributed by atoms with van der Waals surface area (Å²) in [6.45, 7) is 5.97. The number of hydrogen-bond acceptors (Lipinski definition) is 3. The van der Waals surface area contributed by atoms with Crippen LogP contribution in [0.4, 0.5) is 5.69 Å². The SMILES string of the molecule is CC1Cc2ccccc2N(CCC2CSCCN2)C1. The van der Waals surface area contributed by atoms with Crippen LogP contribution in [0, 0.1) is 5.92 Å². The van der Waals surface area contributed by atoms with Crippen molar-refractivity contribution >= 4 is 17.4 Å². The van der Waals surface area contributed by atoms with Gasteiger partial charge in [0.05, 0.1) is 0 Å². The van der Waals surface area contributed by atoms with E-state index in [1.165, 1.54) is 55.2 Å². The monoisotopic (exact) mass is 276 g/mol. The summed E-state index contributed by atoms with van der Waals surface area (Å²) >= 11 is 2.09. The smallest absolute Gasteiger partial charge is 0.0398 e. The van der Waals surface area contributed by atoms with Crippen molar-refractivity contribution in [2.24, 2.45) is 5.92 Å². The fraction of sp³-hybridized carbons (Fsp3) is 0.625. The second kappa shape index (κ2) is 6.19. The van der Waals surface area contributed by atoms with Crippen molar-refractivity contribution in [3.63, 3.8) is 0 Å². The summed E-state index contributed by atoms with van der Waals surface area (Å²) in [4.78, 5) is 2.60.